The van der Waals surface area contributed by atoms with Gasteiger partial charge in [0.1, 0.15) is 17.2 Å². The lowest BCUT2D eigenvalue weighted by Gasteiger charge is -2.31. The van der Waals surface area contributed by atoms with Crippen LogP contribution in [0.25, 0.3) is 0 Å². The molecule has 2 saturated heterocycles. The van der Waals surface area contributed by atoms with Crippen molar-refractivity contribution in [2.45, 2.75) is 43.1 Å². The van der Waals surface area contributed by atoms with Gasteiger partial charge in [-0.05, 0) is 37.3 Å². The molecule has 7 heteroatoms. The van der Waals surface area contributed by atoms with Crippen molar-refractivity contribution in [3.8, 4) is 0 Å². The first-order chi connectivity index (χ1) is 12.0. The van der Waals surface area contributed by atoms with Gasteiger partial charge in [0.2, 0.25) is 0 Å². The van der Waals surface area contributed by atoms with E-state index in [-0.39, 0.29) is 18.5 Å². The van der Waals surface area contributed by atoms with E-state index >= 15 is 0 Å². The van der Waals surface area contributed by atoms with Crippen LogP contribution in [-0.2, 0) is 14.9 Å². The van der Waals surface area contributed by atoms with Crippen LogP contribution < -0.4 is 5.32 Å². The highest BCUT2D eigenvalue weighted by Gasteiger charge is 2.54. The summed E-state index contributed by atoms with van der Waals surface area (Å²) >= 11 is 0. The number of hydrogen-bond donors (Lipinski definition) is 1. The lowest BCUT2D eigenvalue weighted by molar-refractivity contribution is -0.145. The number of benzene rings is 1. The Labute approximate surface area is 144 Å². The van der Waals surface area contributed by atoms with Crippen molar-refractivity contribution in [3.05, 3.63) is 35.4 Å². The average Bonchev–Trinajstić information content (AvgIpc) is 3.09. The molecule has 0 bridgehead atoms. The molecule has 0 radical (unpaired) electrons. The molecule has 2 amide bonds. The Morgan fingerprint density at radius 3 is 2.68 bits per heavy atom. The Hall–Kier alpha value is -2.18. The van der Waals surface area contributed by atoms with Gasteiger partial charge in [0.15, 0.2) is 0 Å². The van der Waals surface area contributed by atoms with Gasteiger partial charge in [-0.2, -0.15) is 0 Å². The largest absolute Gasteiger partial charge is 0.464 e. The molecule has 1 aromatic rings. The fraction of sp³-hybridized carbons (Fsp3) is 0.556. The lowest BCUT2D eigenvalue weighted by Crippen LogP contribution is -2.54. The smallest absolute Gasteiger partial charge is 0.332 e. The maximum absolute atomic E-state index is 14.1. The fourth-order valence-electron chi connectivity index (χ4n) is 4.15. The number of ether oxygens (including phenoxy) is 1. The monoisotopic (exact) mass is 350 g/mol. The van der Waals surface area contributed by atoms with Crippen LogP contribution in [0, 0.1) is 11.6 Å². The van der Waals surface area contributed by atoms with Crippen molar-refractivity contribution in [2.75, 3.05) is 19.7 Å². The third-order valence-corrected chi connectivity index (χ3v) is 5.80. The molecule has 2 heterocycles. The van der Waals surface area contributed by atoms with Gasteiger partial charge in [-0.3, -0.25) is 0 Å². The number of halogens is 2. The number of rotatable bonds is 3. The second kappa shape index (κ2) is 5.68. The second-order valence-corrected chi connectivity index (χ2v) is 7.24. The van der Waals surface area contributed by atoms with Crippen LogP contribution in [0.1, 0.15) is 37.7 Å². The molecule has 0 aromatic heterocycles. The summed E-state index contributed by atoms with van der Waals surface area (Å²) in [4.78, 5) is 26.3. The Morgan fingerprint density at radius 1 is 1.24 bits per heavy atom. The van der Waals surface area contributed by atoms with Crippen LogP contribution in [0.5, 0.6) is 0 Å². The van der Waals surface area contributed by atoms with Crippen molar-refractivity contribution < 1.29 is 23.1 Å². The van der Waals surface area contributed by atoms with E-state index in [1.165, 1.54) is 12.1 Å². The number of cyclic esters (lactones) is 1. The Kier molecular flexibility index (Phi) is 3.70. The van der Waals surface area contributed by atoms with Crippen LogP contribution in [-0.4, -0.2) is 42.1 Å². The first-order valence-corrected chi connectivity index (χ1v) is 8.65. The molecule has 1 spiro atoms. The number of nitrogens with one attached hydrogen (secondary N) is 1. The first kappa shape index (κ1) is 16.3. The predicted molar refractivity (Wildman–Crippen MR) is 84.9 cm³/mol. The first-order valence-electron chi connectivity index (χ1n) is 8.65. The van der Waals surface area contributed by atoms with Crippen molar-refractivity contribution in [2.24, 2.45) is 0 Å². The summed E-state index contributed by atoms with van der Waals surface area (Å²) in [6, 6.07) is 3.26. The van der Waals surface area contributed by atoms with Crippen LogP contribution in [0.4, 0.5) is 13.6 Å². The third kappa shape index (κ3) is 2.56. The summed E-state index contributed by atoms with van der Waals surface area (Å²) in [6.07, 6.45) is 3.39. The molecule has 1 N–H and O–H groups in total. The van der Waals surface area contributed by atoms with Gasteiger partial charge in [0, 0.05) is 31.0 Å². The lowest BCUT2D eigenvalue weighted by atomic mass is 9.94. The highest BCUT2D eigenvalue weighted by atomic mass is 19.1. The van der Waals surface area contributed by atoms with E-state index < -0.39 is 22.6 Å². The molecule has 2 aliphatic heterocycles. The molecule has 4 rings (SSSR count). The molecule has 1 aromatic carbocycles. The minimum absolute atomic E-state index is 0.274. The number of nitrogens with zero attached hydrogens (tertiary/aromatic N) is 1. The van der Waals surface area contributed by atoms with Crippen molar-refractivity contribution in [1.29, 1.82) is 0 Å². The van der Waals surface area contributed by atoms with Gasteiger partial charge in [0.25, 0.3) is 0 Å². The number of carbonyl (C=O) groups is 2. The fourth-order valence-corrected chi connectivity index (χ4v) is 4.15. The highest BCUT2D eigenvalue weighted by molar-refractivity contribution is 5.89. The second-order valence-electron chi connectivity index (χ2n) is 7.24. The molecular formula is C18H20F2N2O3. The number of urea groups is 1. The molecule has 1 unspecified atom stereocenters. The van der Waals surface area contributed by atoms with Gasteiger partial charge >= 0.3 is 12.0 Å². The zero-order chi connectivity index (χ0) is 17.7. The standard InChI is InChI=1S/C18H20F2N2O3/c19-12-2-3-13(14(20)10-12)17(5-6-17)11-21-16(24)22-8-1-4-18(22)7-9-25-15(18)23/h2-3,10H,1,4-9,11H2,(H,21,24). The van der Waals surface area contributed by atoms with E-state index in [1.807, 2.05) is 0 Å². The van der Waals surface area contributed by atoms with E-state index in [0.29, 0.717) is 31.6 Å². The zero-order valence-corrected chi connectivity index (χ0v) is 13.8. The molecule has 25 heavy (non-hydrogen) atoms. The van der Waals surface area contributed by atoms with Crippen molar-refractivity contribution >= 4 is 12.0 Å². The summed E-state index contributed by atoms with van der Waals surface area (Å²) < 4.78 is 32.3. The summed E-state index contributed by atoms with van der Waals surface area (Å²) in [5.74, 6) is -1.52. The number of esters is 1. The Bertz CT molecular complexity index is 731. The minimum atomic E-state index is -0.831. The van der Waals surface area contributed by atoms with Crippen LogP contribution in [0.15, 0.2) is 18.2 Å². The van der Waals surface area contributed by atoms with Crippen LogP contribution >= 0.6 is 0 Å². The Morgan fingerprint density at radius 2 is 2.04 bits per heavy atom. The SMILES string of the molecule is O=C(NCC1(c2ccc(F)cc2F)CC1)N1CCCC12CCOC2=O. The maximum Gasteiger partial charge on any atom is 0.332 e. The average molecular weight is 350 g/mol. The molecule has 3 aliphatic rings. The van der Waals surface area contributed by atoms with Gasteiger partial charge < -0.3 is 15.0 Å². The van der Waals surface area contributed by atoms with Crippen LogP contribution in [0.3, 0.4) is 0 Å². The normalized spacial score (nSPS) is 26.8. The molecular weight excluding hydrogens is 330 g/mol. The van der Waals surface area contributed by atoms with E-state index in [1.54, 1.807) is 4.90 Å². The topological polar surface area (TPSA) is 58.6 Å². The molecule has 3 fully saturated rings. The third-order valence-electron chi connectivity index (χ3n) is 5.80. The number of carbonyl (C=O) groups excluding carboxylic acids is 2. The van der Waals surface area contributed by atoms with Gasteiger partial charge in [0.05, 0.1) is 6.61 Å². The van der Waals surface area contributed by atoms with E-state index in [2.05, 4.69) is 5.32 Å². The number of amides is 2. The summed E-state index contributed by atoms with van der Waals surface area (Å²) in [6.45, 7) is 1.13. The van der Waals surface area contributed by atoms with Crippen LogP contribution in [0.2, 0.25) is 0 Å². The molecule has 1 aliphatic carbocycles. The minimum Gasteiger partial charge on any atom is -0.464 e. The Balaban J connectivity index is 1.46. The van der Waals surface area contributed by atoms with Gasteiger partial charge in [-0.15, -0.1) is 0 Å². The number of likely N-dealkylation sites (tertiary alicyclic amines) is 1. The van der Waals surface area contributed by atoms with Crippen molar-refractivity contribution in [3.63, 3.8) is 0 Å². The van der Waals surface area contributed by atoms with Crippen molar-refractivity contribution in [1.82, 2.24) is 10.2 Å². The number of hydrogen-bond acceptors (Lipinski definition) is 3. The summed E-state index contributed by atoms with van der Waals surface area (Å²) in [7, 11) is 0. The summed E-state index contributed by atoms with van der Waals surface area (Å²) in [5.41, 5.74) is -0.871. The quantitative estimate of drug-likeness (QED) is 0.852. The van der Waals surface area contributed by atoms with Gasteiger partial charge in [-0.25, -0.2) is 18.4 Å². The predicted octanol–water partition coefficient (Wildman–Crippen LogP) is 2.49. The molecule has 1 atom stereocenters. The van der Waals surface area contributed by atoms with Gasteiger partial charge in [-0.1, -0.05) is 6.07 Å². The van der Waals surface area contributed by atoms with E-state index in [0.717, 1.165) is 25.3 Å². The van der Waals surface area contributed by atoms with E-state index in [4.69, 9.17) is 4.74 Å². The highest BCUT2D eigenvalue weighted by Crippen LogP contribution is 2.48. The maximum atomic E-state index is 14.1. The van der Waals surface area contributed by atoms with E-state index in [9.17, 15) is 18.4 Å². The molecule has 1 saturated carbocycles. The zero-order valence-electron chi connectivity index (χ0n) is 13.8. The summed E-state index contributed by atoms with van der Waals surface area (Å²) in [5, 5.41) is 2.86. The molecule has 134 valence electrons. The molecule has 5 nitrogen and oxygen atoms in total.